The van der Waals surface area contributed by atoms with Crippen LogP contribution >= 0.6 is 7.60 Å². The summed E-state index contributed by atoms with van der Waals surface area (Å²) in [5.41, 5.74) is -0.261. The molecule has 1 aromatic rings. The first-order valence-corrected chi connectivity index (χ1v) is 8.93. The van der Waals surface area contributed by atoms with E-state index in [2.05, 4.69) is 0 Å². The van der Waals surface area contributed by atoms with Gasteiger partial charge < -0.3 is 15.1 Å². The van der Waals surface area contributed by atoms with E-state index < -0.39 is 37.7 Å². The van der Waals surface area contributed by atoms with Gasteiger partial charge in [0, 0.05) is 6.42 Å². The summed E-state index contributed by atoms with van der Waals surface area (Å²) in [6, 6.07) is 8.57. The second-order valence-corrected chi connectivity index (χ2v) is 7.11. The van der Waals surface area contributed by atoms with E-state index in [1.54, 1.807) is 30.3 Å². The number of carboxylic acids is 2. The first-order chi connectivity index (χ1) is 10.8. The van der Waals surface area contributed by atoms with Crippen LogP contribution in [0.5, 0.6) is 0 Å². The van der Waals surface area contributed by atoms with Crippen molar-refractivity contribution in [1.29, 1.82) is 0 Å². The van der Waals surface area contributed by atoms with Gasteiger partial charge in [0.05, 0.1) is 5.66 Å². The van der Waals surface area contributed by atoms with E-state index in [0.717, 1.165) is 0 Å². The predicted octanol–water partition coefficient (Wildman–Crippen LogP) is 3.05. The fourth-order valence-electron chi connectivity index (χ4n) is 2.20. The minimum atomic E-state index is -4.28. The Kier molecular flexibility index (Phi) is 7.42. The molecule has 3 unspecified atom stereocenters. The van der Waals surface area contributed by atoms with Gasteiger partial charge >= 0.3 is 19.5 Å². The van der Waals surface area contributed by atoms with Gasteiger partial charge in [-0.2, -0.15) is 0 Å². The molecule has 3 N–H and O–H groups in total. The number of hydrogen-bond acceptors (Lipinski definition) is 4. The molecule has 0 fully saturated rings. The number of rotatable bonds is 10. The molecule has 0 aliphatic heterocycles. The van der Waals surface area contributed by atoms with Crippen molar-refractivity contribution in [3.63, 3.8) is 0 Å². The maximum atomic E-state index is 12.6. The van der Waals surface area contributed by atoms with Gasteiger partial charge in [0.1, 0.15) is 0 Å². The third kappa shape index (κ3) is 6.14. The van der Waals surface area contributed by atoms with E-state index in [1.165, 1.54) is 0 Å². The highest BCUT2D eigenvalue weighted by molar-refractivity contribution is 7.53. The molecule has 0 saturated carbocycles. The normalized spacial score (nSPS) is 16.3. The number of benzene rings is 1. The third-order valence-electron chi connectivity index (χ3n) is 3.31. The SMILES string of the molecule is CCCC(c1ccccc1)P(=O)(O)OC(CCC(=O)O)C(=O)O. The van der Waals surface area contributed by atoms with Crippen molar-refractivity contribution in [2.75, 3.05) is 0 Å². The molecule has 0 radical (unpaired) electrons. The molecular weight excluding hydrogens is 323 g/mol. The van der Waals surface area contributed by atoms with Gasteiger partial charge in [-0.05, 0) is 18.4 Å². The Balaban J connectivity index is 2.97. The van der Waals surface area contributed by atoms with Crippen molar-refractivity contribution in [3.8, 4) is 0 Å². The van der Waals surface area contributed by atoms with Crippen LogP contribution in [0.3, 0.4) is 0 Å². The Morgan fingerprint density at radius 2 is 1.78 bits per heavy atom. The molecule has 1 rings (SSSR count). The van der Waals surface area contributed by atoms with Crippen molar-refractivity contribution < 1.29 is 33.8 Å². The molecule has 8 heteroatoms. The van der Waals surface area contributed by atoms with Gasteiger partial charge in [0.25, 0.3) is 0 Å². The maximum absolute atomic E-state index is 12.6. The van der Waals surface area contributed by atoms with E-state index >= 15 is 0 Å². The maximum Gasteiger partial charge on any atom is 0.336 e. The molecule has 0 aromatic heterocycles. The van der Waals surface area contributed by atoms with Gasteiger partial charge in [-0.15, -0.1) is 0 Å². The minimum Gasteiger partial charge on any atom is -0.481 e. The molecule has 7 nitrogen and oxygen atoms in total. The van der Waals surface area contributed by atoms with Crippen molar-refractivity contribution in [3.05, 3.63) is 35.9 Å². The van der Waals surface area contributed by atoms with E-state index in [1.807, 2.05) is 6.92 Å². The van der Waals surface area contributed by atoms with Crippen LogP contribution in [0.15, 0.2) is 30.3 Å². The van der Waals surface area contributed by atoms with Crippen molar-refractivity contribution >= 4 is 19.5 Å². The van der Waals surface area contributed by atoms with Crippen molar-refractivity contribution in [2.24, 2.45) is 0 Å². The molecule has 23 heavy (non-hydrogen) atoms. The van der Waals surface area contributed by atoms with Crippen LogP contribution in [0, 0.1) is 0 Å². The zero-order valence-electron chi connectivity index (χ0n) is 12.8. The molecule has 0 amide bonds. The minimum absolute atomic E-state index is 0.350. The summed E-state index contributed by atoms with van der Waals surface area (Å²) in [7, 11) is -4.28. The van der Waals surface area contributed by atoms with Gasteiger partial charge in [-0.25, -0.2) is 4.79 Å². The molecule has 0 heterocycles. The fraction of sp³-hybridized carbons (Fsp3) is 0.467. The standard InChI is InChI=1S/C15H21O7P/c1-2-6-13(11-7-4-3-5-8-11)23(20,21)22-12(15(18)19)9-10-14(16)17/h3-5,7-8,12-13H,2,6,9-10H2,1H3,(H,16,17)(H,18,19)(H,20,21). The first-order valence-electron chi connectivity index (χ1n) is 7.28. The van der Waals surface area contributed by atoms with E-state index in [4.69, 9.17) is 14.7 Å². The van der Waals surface area contributed by atoms with Crippen LogP contribution in [0.1, 0.15) is 43.8 Å². The quantitative estimate of drug-likeness (QED) is 0.558. The summed E-state index contributed by atoms with van der Waals surface area (Å²) in [6.45, 7) is 1.84. The number of aliphatic carboxylic acids is 2. The number of carbonyl (C=O) groups is 2. The molecule has 128 valence electrons. The highest BCUT2D eigenvalue weighted by Crippen LogP contribution is 2.59. The number of hydrogen-bond donors (Lipinski definition) is 3. The van der Waals surface area contributed by atoms with Crippen LogP contribution in [-0.4, -0.2) is 33.1 Å². The van der Waals surface area contributed by atoms with Crippen LogP contribution in [0.25, 0.3) is 0 Å². The lowest BCUT2D eigenvalue weighted by Gasteiger charge is -2.25. The lowest BCUT2D eigenvalue weighted by molar-refractivity contribution is -0.146. The van der Waals surface area contributed by atoms with Crippen LogP contribution in [0.2, 0.25) is 0 Å². The summed E-state index contributed by atoms with van der Waals surface area (Å²) < 4.78 is 17.6. The monoisotopic (exact) mass is 344 g/mol. The largest absolute Gasteiger partial charge is 0.481 e. The third-order valence-corrected chi connectivity index (χ3v) is 5.22. The Bertz CT molecular complexity index is 572. The molecule has 1 aromatic carbocycles. The Morgan fingerprint density at radius 1 is 1.17 bits per heavy atom. The Labute approximate surface area is 134 Å². The predicted molar refractivity (Wildman–Crippen MR) is 83.3 cm³/mol. The van der Waals surface area contributed by atoms with E-state index in [0.29, 0.717) is 18.4 Å². The highest BCUT2D eigenvalue weighted by Gasteiger charge is 2.37. The van der Waals surface area contributed by atoms with E-state index in [-0.39, 0.29) is 6.42 Å². The lowest BCUT2D eigenvalue weighted by Crippen LogP contribution is -2.25. The highest BCUT2D eigenvalue weighted by atomic mass is 31.2. The van der Waals surface area contributed by atoms with Gasteiger partial charge in [-0.3, -0.25) is 13.9 Å². The van der Waals surface area contributed by atoms with Crippen LogP contribution < -0.4 is 0 Å². The first kappa shape index (κ1) is 19.4. The molecular formula is C15H21O7P. The van der Waals surface area contributed by atoms with Crippen molar-refractivity contribution in [1.82, 2.24) is 0 Å². The fourth-order valence-corrected chi connectivity index (χ4v) is 4.04. The summed E-state index contributed by atoms with van der Waals surface area (Å²) in [5.74, 6) is -2.65. The van der Waals surface area contributed by atoms with E-state index in [9.17, 15) is 19.0 Å². The molecule has 0 aliphatic rings. The van der Waals surface area contributed by atoms with Crippen molar-refractivity contribution in [2.45, 2.75) is 44.4 Å². The average molecular weight is 344 g/mol. The second kappa shape index (κ2) is 8.82. The Morgan fingerprint density at radius 3 is 2.26 bits per heavy atom. The number of carboxylic acid groups (broad SMARTS) is 2. The lowest BCUT2D eigenvalue weighted by atomic mass is 10.1. The smallest absolute Gasteiger partial charge is 0.336 e. The zero-order chi connectivity index (χ0) is 17.5. The molecule has 3 atom stereocenters. The molecule has 0 bridgehead atoms. The summed E-state index contributed by atoms with van der Waals surface area (Å²) in [4.78, 5) is 32.0. The topological polar surface area (TPSA) is 121 Å². The molecule has 0 aliphatic carbocycles. The summed E-state index contributed by atoms with van der Waals surface area (Å²) in [6.07, 6.45) is -1.50. The zero-order valence-corrected chi connectivity index (χ0v) is 13.7. The van der Waals surface area contributed by atoms with Crippen LogP contribution in [-0.2, 0) is 18.7 Å². The molecule has 0 spiro atoms. The summed E-state index contributed by atoms with van der Waals surface area (Å²) in [5, 5.41) is 17.7. The average Bonchev–Trinajstić information content (AvgIpc) is 2.49. The van der Waals surface area contributed by atoms with Gasteiger partial charge in [-0.1, -0.05) is 43.7 Å². The summed E-state index contributed by atoms with van der Waals surface area (Å²) >= 11 is 0. The second-order valence-electron chi connectivity index (χ2n) is 5.14. The van der Waals surface area contributed by atoms with Crippen LogP contribution in [0.4, 0.5) is 0 Å². The van der Waals surface area contributed by atoms with Gasteiger partial charge in [0.2, 0.25) is 0 Å². The Hall–Kier alpha value is -1.69. The van der Waals surface area contributed by atoms with Gasteiger partial charge in [0.15, 0.2) is 6.10 Å². The molecule has 0 saturated heterocycles.